The highest BCUT2D eigenvalue weighted by atomic mass is 16.1. The topological polar surface area (TPSA) is 59.9 Å². The van der Waals surface area contributed by atoms with Gasteiger partial charge in [0.1, 0.15) is 11.6 Å². The lowest BCUT2D eigenvalue weighted by molar-refractivity contribution is 0.0956. The smallest absolute Gasteiger partial charge is 0.268 e. The van der Waals surface area contributed by atoms with Crippen LogP contribution in [0, 0.1) is 16.7 Å². The SMILES string of the molecule is N#Cc1c(N2CCC3(CCC3)CC2)c2cc(C3CC3)ccc2[nH]c1=O. The van der Waals surface area contributed by atoms with Gasteiger partial charge >= 0.3 is 0 Å². The van der Waals surface area contributed by atoms with Crippen molar-refractivity contribution < 1.29 is 0 Å². The van der Waals surface area contributed by atoms with E-state index in [0.29, 0.717) is 11.3 Å². The summed E-state index contributed by atoms with van der Waals surface area (Å²) in [5, 5.41) is 10.7. The molecule has 128 valence electrons. The molecule has 1 aromatic carbocycles. The minimum Gasteiger partial charge on any atom is -0.370 e. The third-order valence-corrected chi connectivity index (χ3v) is 6.73. The lowest BCUT2D eigenvalue weighted by Gasteiger charge is -2.48. The van der Waals surface area contributed by atoms with Crippen LogP contribution < -0.4 is 10.5 Å². The molecule has 2 aromatic rings. The van der Waals surface area contributed by atoms with Gasteiger partial charge in [0.2, 0.25) is 0 Å². The number of pyridine rings is 1. The summed E-state index contributed by atoms with van der Waals surface area (Å²) in [6, 6.07) is 8.55. The molecule has 1 aliphatic heterocycles. The molecular formula is C21H23N3O. The second kappa shape index (κ2) is 5.36. The van der Waals surface area contributed by atoms with Crippen molar-refractivity contribution in [2.75, 3.05) is 18.0 Å². The minimum absolute atomic E-state index is 0.256. The van der Waals surface area contributed by atoms with Gasteiger partial charge in [-0.25, -0.2) is 0 Å². The number of fused-ring (bicyclic) bond motifs is 1. The molecule has 0 atom stereocenters. The Labute approximate surface area is 147 Å². The number of nitrogens with zero attached hydrogens (tertiary/aromatic N) is 2. The largest absolute Gasteiger partial charge is 0.370 e. The molecule has 2 saturated carbocycles. The highest BCUT2D eigenvalue weighted by Crippen LogP contribution is 2.50. The maximum Gasteiger partial charge on any atom is 0.268 e. The van der Waals surface area contributed by atoms with Crippen LogP contribution >= 0.6 is 0 Å². The number of H-pyrrole nitrogens is 1. The van der Waals surface area contributed by atoms with Gasteiger partial charge in [0.05, 0.1) is 11.2 Å². The zero-order valence-corrected chi connectivity index (χ0v) is 14.5. The molecule has 4 heteroatoms. The number of aromatic nitrogens is 1. The molecule has 1 spiro atoms. The van der Waals surface area contributed by atoms with Crippen LogP contribution in [0.15, 0.2) is 23.0 Å². The van der Waals surface area contributed by atoms with Crippen LogP contribution in [0.25, 0.3) is 10.9 Å². The van der Waals surface area contributed by atoms with E-state index in [1.54, 1.807) is 0 Å². The van der Waals surface area contributed by atoms with E-state index in [4.69, 9.17) is 0 Å². The molecular weight excluding hydrogens is 310 g/mol. The number of hydrogen-bond donors (Lipinski definition) is 1. The van der Waals surface area contributed by atoms with Crippen LogP contribution in [-0.4, -0.2) is 18.1 Å². The van der Waals surface area contributed by atoms with E-state index in [9.17, 15) is 10.1 Å². The van der Waals surface area contributed by atoms with Crippen molar-refractivity contribution in [1.29, 1.82) is 5.26 Å². The Kier molecular flexibility index (Phi) is 3.22. The first-order valence-corrected chi connectivity index (χ1v) is 9.54. The lowest BCUT2D eigenvalue weighted by Crippen LogP contribution is -2.44. The number of rotatable bonds is 2. The van der Waals surface area contributed by atoms with Crippen LogP contribution in [0.5, 0.6) is 0 Å². The molecule has 1 N–H and O–H groups in total. The van der Waals surface area contributed by atoms with Gasteiger partial charge in [0.15, 0.2) is 0 Å². The Morgan fingerprint density at radius 3 is 2.52 bits per heavy atom. The van der Waals surface area contributed by atoms with Crippen molar-refractivity contribution in [2.45, 2.75) is 50.9 Å². The molecule has 0 bridgehead atoms. The Balaban J connectivity index is 1.62. The van der Waals surface area contributed by atoms with E-state index in [1.807, 2.05) is 6.07 Å². The van der Waals surface area contributed by atoms with Crippen LogP contribution in [0.3, 0.4) is 0 Å². The minimum atomic E-state index is -0.256. The van der Waals surface area contributed by atoms with Gasteiger partial charge in [-0.05, 0) is 67.6 Å². The van der Waals surface area contributed by atoms with Crippen molar-refractivity contribution in [2.24, 2.45) is 5.41 Å². The van der Waals surface area contributed by atoms with Crippen LogP contribution in [0.4, 0.5) is 5.69 Å². The summed E-state index contributed by atoms with van der Waals surface area (Å²) in [5.41, 5.74) is 3.65. The Hall–Kier alpha value is -2.28. The first kappa shape index (κ1) is 15.0. The monoisotopic (exact) mass is 333 g/mol. The van der Waals surface area contributed by atoms with E-state index in [2.05, 4.69) is 28.1 Å². The fraction of sp³-hybridized carbons (Fsp3) is 0.524. The van der Waals surface area contributed by atoms with Crippen molar-refractivity contribution in [3.8, 4) is 6.07 Å². The molecule has 5 rings (SSSR count). The molecule has 4 nitrogen and oxygen atoms in total. The summed E-state index contributed by atoms with van der Waals surface area (Å²) in [7, 11) is 0. The van der Waals surface area contributed by atoms with Gasteiger partial charge in [-0.3, -0.25) is 4.79 Å². The number of nitrogens with one attached hydrogen (secondary N) is 1. The Morgan fingerprint density at radius 1 is 1.16 bits per heavy atom. The van der Waals surface area contributed by atoms with Gasteiger partial charge in [0, 0.05) is 18.5 Å². The van der Waals surface area contributed by atoms with E-state index < -0.39 is 0 Å². The van der Waals surface area contributed by atoms with Gasteiger partial charge in [-0.2, -0.15) is 5.26 Å². The fourth-order valence-corrected chi connectivity index (χ4v) is 4.78. The third-order valence-electron chi connectivity index (χ3n) is 6.73. The first-order valence-electron chi connectivity index (χ1n) is 9.54. The Bertz CT molecular complexity index is 934. The second-order valence-corrected chi connectivity index (χ2v) is 8.21. The average Bonchev–Trinajstić information content (AvgIpc) is 3.44. The number of anilines is 1. The van der Waals surface area contributed by atoms with Gasteiger partial charge in [-0.15, -0.1) is 0 Å². The number of hydrogen-bond acceptors (Lipinski definition) is 3. The van der Waals surface area contributed by atoms with E-state index in [0.717, 1.165) is 29.7 Å². The number of aromatic amines is 1. The van der Waals surface area contributed by atoms with Crippen LogP contribution in [0.2, 0.25) is 0 Å². The predicted molar refractivity (Wildman–Crippen MR) is 99.0 cm³/mol. The average molecular weight is 333 g/mol. The van der Waals surface area contributed by atoms with E-state index >= 15 is 0 Å². The molecule has 25 heavy (non-hydrogen) atoms. The summed E-state index contributed by atoms with van der Waals surface area (Å²) >= 11 is 0. The Morgan fingerprint density at radius 2 is 1.92 bits per heavy atom. The molecule has 2 aliphatic carbocycles. The van der Waals surface area contributed by atoms with Crippen molar-refractivity contribution in [1.82, 2.24) is 4.98 Å². The molecule has 0 unspecified atom stereocenters. The van der Waals surface area contributed by atoms with Crippen molar-refractivity contribution in [3.63, 3.8) is 0 Å². The highest BCUT2D eigenvalue weighted by Gasteiger charge is 2.40. The maximum absolute atomic E-state index is 12.4. The fourth-order valence-electron chi connectivity index (χ4n) is 4.78. The molecule has 3 fully saturated rings. The van der Waals surface area contributed by atoms with E-state index in [-0.39, 0.29) is 11.1 Å². The summed E-state index contributed by atoms with van der Waals surface area (Å²) in [5.74, 6) is 0.661. The van der Waals surface area contributed by atoms with Crippen molar-refractivity contribution >= 4 is 16.6 Å². The standard InChI is InChI=1S/C21H23N3O/c22-13-17-19(24-10-8-21(9-11-24)6-1-7-21)16-12-15(14-2-3-14)4-5-18(16)23-20(17)25/h4-5,12,14H,1-3,6-11H2,(H,23,25). The second-order valence-electron chi connectivity index (χ2n) is 8.21. The van der Waals surface area contributed by atoms with Gasteiger partial charge in [-0.1, -0.05) is 12.5 Å². The highest BCUT2D eigenvalue weighted by molar-refractivity contribution is 5.95. The third kappa shape index (κ3) is 2.37. The lowest BCUT2D eigenvalue weighted by atomic mass is 9.63. The molecule has 2 heterocycles. The predicted octanol–water partition coefficient (Wildman–Crippen LogP) is 4.05. The molecule has 0 amide bonds. The summed E-state index contributed by atoms with van der Waals surface area (Å²) in [6.45, 7) is 1.92. The quantitative estimate of drug-likeness (QED) is 0.902. The number of piperidine rings is 1. The number of benzene rings is 1. The number of nitriles is 1. The zero-order valence-electron chi connectivity index (χ0n) is 14.5. The molecule has 1 aromatic heterocycles. The normalized spacial score (nSPS) is 22.0. The van der Waals surface area contributed by atoms with Crippen molar-refractivity contribution in [3.05, 3.63) is 39.7 Å². The maximum atomic E-state index is 12.4. The van der Waals surface area contributed by atoms with Crippen LogP contribution in [-0.2, 0) is 0 Å². The van der Waals surface area contributed by atoms with E-state index in [1.165, 1.54) is 50.5 Å². The first-order chi connectivity index (χ1) is 12.2. The summed E-state index contributed by atoms with van der Waals surface area (Å²) < 4.78 is 0. The molecule has 0 radical (unpaired) electrons. The molecule has 3 aliphatic rings. The zero-order chi connectivity index (χ0) is 17.0. The summed E-state index contributed by atoms with van der Waals surface area (Å²) in [6.07, 6.45) is 8.95. The molecule has 1 saturated heterocycles. The van der Waals surface area contributed by atoms with Gasteiger partial charge in [0.25, 0.3) is 5.56 Å². The summed E-state index contributed by atoms with van der Waals surface area (Å²) in [4.78, 5) is 17.7. The van der Waals surface area contributed by atoms with Gasteiger partial charge < -0.3 is 9.88 Å². The van der Waals surface area contributed by atoms with Crippen LogP contribution in [0.1, 0.15) is 62.0 Å².